The average Bonchev–Trinajstić information content (AvgIpc) is 2.87. The van der Waals surface area contributed by atoms with Crippen LogP contribution in [-0.2, 0) is 16.8 Å². The smallest absolute Gasteiger partial charge is 0.448 e. The summed E-state index contributed by atoms with van der Waals surface area (Å²) < 4.78 is 126. The fraction of sp³-hybridized carbons (Fsp3) is 0.333. The molecular weight excluding hydrogens is 643 g/mol. The van der Waals surface area contributed by atoms with Crippen molar-refractivity contribution in [2.75, 3.05) is 17.2 Å². The summed E-state index contributed by atoms with van der Waals surface area (Å²) in [4.78, 5) is 24.8. The summed E-state index contributed by atoms with van der Waals surface area (Å²) >= 11 is 2.70. The van der Waals surface area contributed by atoms with Crippen LogP contribution >= 0.6 is 15.9 Å². The van der Waals surface area contributed by atoms with Crippen LogP contribution in [0.25, 0.3) is 0 Å². The molecule has 0 bridgehead atoms. The number of aryl methyl sites for hydroxylation is 1. The molecular formula is C24H16BrF9N4O3. The number of anilines is 2. The Kier molecular flexibility index (Phi) is 9.93. The number of carbonyl (C=O) groups excluding carboxylic acids is 2. The molecule has 0 aliphatic carbocycles. The van der Waals surface area contributed by atoms with Gasteiger partial charge in [0.05, 0.1) is 29.4 Å². The summed E-state index contributed by atoms with van der Waals surface area (Å²) in [7, 11) is 0. The van der Waals surface area contributed by atoms with Crippen LogP contribution in [0.3, 0.4) is 0 Å². The van der Waals surface area contributed by atoms with E-state index in [0.717, 1.165) is 18.2 Å². The molecule has 0 aliphatic heterocycles. The molecule has 0 saturated heterocycles. The van der Waals surface area contributed by atoms with Crippen molar-refractivity contribution in [3.05, 3.63) is 57.1 Å². The second-order valence-electron chi connectivity index (χ2n) is 8.07. The van der Waals surface area contributed by atoms with Crippen LogP contribution in [0.15, 0.2) is 34.8 Å². The normalized spacial score (nSPS) is 13.4. The SMILES string of the molecule is CCc1cc(C(F)(C(F)(F)F)C(F)(F)C(F)(F)F)cc(Br)c1NC(=O)c1ccc(C#N)c(NC(=O)OCCC#N)c1. The second-order valence-corrected chi connectivity index (χ2v) is 8.92. The van der Waals surface area contributed by atoms with E-state index in [-0.39, 0.29) is 54.1 Å². The maximum Gasteiger partial charge on any atom is 0.457 e. The topological polar surface area (TPSA) is 115 Å². The highest BCUT2D eigenvalue weighted by Gasteiger charge is 2.81. The van der Waals surface area contributed by atoms with Crippen molar-refractivity contribution in [1.82, 2.24) is 0 Å². The molecule has 17 heteroatoms. The van der Waals surface area contributed by atoms with Crippen LogP contribution in [0.5, 0.6) is 0 Å². The number of amides is 2. The van der Waals surface area contributed by atoms with E-state index in [1.165, 1.54) is 6.92 Å². The van der Waals surface area contributed by atoms with Crippen molar-refractivity contribution in [1.29, 1.82) is 10.5 Å². The van der Waals surface area contributed by atoms with E-state index >= 15 is 0 Å². The number of nitrogens with zero attached hydrogens (tertiary/aromatic N) is 2. The van der Waals surface area contributed by atoms with Gasteiger partial charge in [0.15, 0.2) is 0 Å². The Morgan fingerprint density at radius 2 is 1.59 bits per heavy atom. The van der Waals surface area contributed by atoms with Gasteiger partial charge in [-0.1, -0.05) is 6.92 Å². The maximum absolute atomic E-state index is 15.0. The molecule has 0 aromatic heterocycles. The minimum Gasteiger partial charge on any atom is -0.448 e. The van der Waals surface area contributed by atoms with Crippen LogP contribution in [0.4, 0.5) is 55.7 Å². The number of benzene rings is 2. The van der Waals surface area contributed by atoms with E-state index in [1.54, 1.807) is 12.1 Å². The molecule has 2 aromatic carbocycles. The summed E-state index contributed by atoms with van der Waals surface area (Å²) in [6, 6.07) is 6.87. The summed E-state index contributed by atoms with van der Waals surface area (Å²) in [6.07, 6.45) is -15.2. The van der Waals surface area contributed by atoms with Crippen molar-refractivity contribution in [2.24, 2.45) is 0 Å². The number of nitrogens with one attached hydrogen (secondary N) is 2. The zero-order valence-corrected chi connectivity index (χ0v) is 22.0. The zero-order valence-electron chi connectivity index (χ0n) is 20.4. The molecule has 220 valence electrons. The first-order chi connectivity index (χ1) is 18.8. The van der Waals surface area contributed by atoms with Crippen LogP contribution in [0, 0.1) is 22.7 Å². The highest BCUT2D eigenvalue weighted by Crippen LogP contribution is 2.58. The predicted octanol–water partition coefficient (Wildman–Crippen LogP) is 7.52. The van der Waals surface area contributed by atoms with E-state index < -0.39 is 51.5 Å². The first kappa shape index (κ1) is 33.2. The molecule has 0 saturated carbocycles. The Morgan fingerprint density at radius 1 is 0.951 bits per heavy atom. The number of rotatable bonds is 8. The van der Waals surface area contributed by atoms with Crippen LogP contribution < -0.4 is 10.6 Å². The highest BCUT2D eigenvalue weighted by molar-refractivity contribution is 9.10. The highest BCUT2D eigenvalue weighted by atomic mass is 79.9. The van der Waals surface area contributed by atoms with Gasteiger partial charge in [0.2, 0.25) is 0 Å². The standard InChI is InChI=1S/C24H16BrF9N4O3/c1-2-12-8-15(21(26,23(29,30)31)22(27,28)24(32,33)34)10-16(25)18(12)38-19(39)13-4-5-14(11-36)17(9-13)37-20(40)41-7-3-6-35/h4-5,8-10H,2-3,7H2,1H3,(H,37,40)(H,38,39). The van der Waals surface area contributed by atoms with Crippen molar-refractivity contribution in [3.63, 3.8) is 0 Å². The van der Waals surface area contributed by atoms with Crippen molar-refractivity contribution in [2.45, 2.75) is 43.7 Å². The van der Waals surface area contributed by atoms with Gasteiger partial charge in [-0.15, -0.1) is 0 Å². The van der Waals surface area contributed by atoms with Crippen LogP contribution in [-0.4, -0.2) is 36.9 Å². The maximum atomic E-state index is 15.0. The van der Waals surface area contributed by atoms with Gasteiger partial charge in [-0.2, -0.15) is 45.6 Å². The Bertz CT molecular complexity index is 1420. The van der Waals surface area contributed by atoms with Gasteiger partial charge in [-0.05, 0) is 58.2 Å². The lowest BCUT2D eigenvalue weighted by Crippen LogP contribution is -2.59. The lowest BCUT2D eigenvalue weighted by atomic mass is 9.86. The Balaban J connectivity index is 2.52. The summed E-state index contributed by atoms with van der Waals surface area (Å²) in [5, 5.41) is 22.1. The van der Waals surface area contributed by atoms with E-state index in [1.807, 2.05) is 0 Å². The number of ether oxygens (including phenoxy) is 1. The van der Waals surface area contributed by atoms with Crippen LogP contribution in [0.2, 0.25) is 0 Å². The van der Waals surface area contributed by atoms with E-state index in [9.17, 15) is 54.4 Å². The molecule has 41 heavy (non-hydrogen) atoms. The first-order valence-corrected chi connectivity index (χ1v) is 11.8. The van der Waals surface area contributed by atoms with E-state index in [0.29, 0.717) is 0 Å². The van der Waals surface area contributed by atoms with Crippen molar-refractivity contribution < 1.29 is 53.8 Å². The lowest BCUT2D eigenvalue weighted by Gasteiger charge is -2.36. The van der Waals surface area contributed by atoms with Gasteiger partial charge in [0, 0.05) is 15.6 Å². The van der Waals surface area contributed by atoms with E-state index in [4.69, 9.17) is 10.00 Å². The average molecular weight is 659 g/mol. The number of halogens is 10. The van der Waals surface area contributed by atoms with E-state index in [2.05, 4.69) is 26.6 Å². The molecule has 1 unspecified atom stereocenters. The van der Waals surface area contributed by atoms with Gasteiger partial charge in [-0.25, -0.2) is 9.18 Å². The minimum absolute atomic E-state index is 0.0465. The zero-order chi connectivity index (χ0) is 31.4. The van der Waals surface area contributed by atoms with Crippen LogP contribution in [0.1, 0.15) is 40.4 Å². The Morgan fingerprint density at radius 3 is 2.10 bits per heavy atom. The monoisotopic (exact) mass is 658 g/mol. The molecule has 7 nitrogen and oxygen atoms in total. The Labute approximate surface area is 234 Å². The number of carbonyl (C=O) groups is 2. The third-order valence-corrected chi connectivity index (χ3v) is 6.08. The molecule has 2 amide bonds. The van der Waals surface area contributed by atoms with Gasteiger partial charge in [-0.3, -0.25) is 10.1 Å². The van der Waals surface area contributed by atoms with Crippen molar-refractivity contribution in [3.8, 4) is 12.1 Å². The molecule has 2 aromatic rings. The fourth-order valence-electron chi connectivity index (χ4n) is 3.41. The quantitative estimate of drug-likeness (QED) is 0.225. The fourth-order valence-corrected chi connectivity index (χ4v) is 4.01. The third-order valence-electron chi connectivity index (χ3n) is 5.45. The first-order valence-electron chi connectivity index (χ1n) is 11.0. The van der Waals surface area contributed by atoms with Gasteiger partial charge in [0.25, 0.3) is 5.91 Å². The van der Waals surface area contributed by atoms with Gasteiger partial charge in [0.1, 0.15) is 12.7 Å². The number of alkyl halides is 9. The summed E-state index contributed by atoms with van der Waals surface area (Å²) in [5.41, 5.74) is -9.66. The molecule has 2 N–H and O–H groups in total. The number of nitriles is 2. The molecule has 1 atom stereocenters. The van der Waals surface area contributed by atoms with Gasteiger partial charge < -0.3 is 10.1 Å². The molecule has 0 fully saturated rings. The lowest BCUT2D eigenvalue weighted by molar-refractivity contribution is -0.389. The number of hydrogen-bond donors (Lipinski definition) is 2. The molecule has 0 radical (unpaired) electrons. The molecule has 0 spiro atoms. The minimum atomic E-state index is -6.91. The summed E-state index contributed by atoms with van der Waals surface area (Å²) in [5.74, 6) is -7.91. The molecule has 2 rings (SSSR count). The second kappa shape index (κ2) is 12.3. The predicted molar refractivity (Wildman–Crippen MR) is 128 cm³/mol. The molecule has 0 aliphatic rings. The number of hydrogen-bond acceptors (Lipinski definition) is 5. The molecule has 0 heterocycles. The Hall–Kier alpha value is -3.99. The van der Waals surface area contributed by atoms with Crippen molar-refractivity contribution >= 4 is 39.3 Å². The largest absolute Gasteiger partial charge is 0.457 e. The van der Waals surface area contributed by atoms with Gasteiger partial charge >= 0.3 is 30.0 Å². The summed E-state index contributed by atoms with van der Waals surface area (Å²) in [6.45, 7) is 0.968. The third kappa shape index (κ3) is 6.67.